The highest BCUT2D eigenvalue weighted by Crippen LogP contribution is 2.58. The third-order valence-electron chi connectivity index (χ3n) is 15.2. The fraction of sp³-hybridized carbons (Fsp3) is 0.0294. The van der Waals surface area contributed by atoms with Gasteiger partial charge in [-0.15, -0.1) is 0 Å². The van der Waals surface area contributed by atoms with Crippen LogP contribution in [0.3, 0.4) is 0 Å². The average Bonchev–Trinajstić information content (AvgIpc) is 3.84. The van der Waals surface area contributed by atoms with Crippen molar-refractivity contribution in [3.63, 3.8) is 0 Å². The quantitative estimate of drug-likeness (QED) is 0.106. The van der Waals surface area contributed by atoms with E-state index < -0.39 is 14.1 Å². The molecule has 11 aromatic carbocycles. The maximum absolute atomic E-state index is 9.18. The average molecular weight is 911 g/mol. The van der Waals surface area contributed by atoms with Crippen LogP contribution in [-0.4, -0.2) is 12.6 Å². The molecule has 0 radical (unpaired) electrons. The van der Waals surface area contributed by atoms with E-state index in [9.17, 15) is 2.74 Å². The van der Waals surface area contributed by atoms with E-state index in [2.05, 4.69) is 218 Å². The predicted octanol–water partition coefficient (Wildman–Crippen LogP) is 14.1. The Kier molecular flexibility index (Phi) is 8.28. The highest BCUT2D eigenvalue weighted by molar-refractivity contribution is 7.20. The number of hydrogen-bond acceptors (Lipinski definition) is 0. The van der Waals surface area contributed by atoms with Gasteiger partial charge in [0.15, 0.2) is 8.07 Å². The number of aromatic nitrogens is 1. The minimum atomic E-state index is -3.31. The lowest BCUT2D eigenvalue weighted by Gasteiger charge is -2.47. The van der Waals surface area contributed by atoms with Crippen LogP contribution in [0.25, 0.3) is 60.9 Å². The molecule has 2 heteroatoms. The largest absolute Gasteiger partial charge is 0.309 e. The Morgan fingerprint density at radius 1 is 0.357 bits per heavy atom. The summed E-state index contributed by atoms with van der Waals surface area (Å²) in [5, 5.41) is 7.20. The molecule has 0 saturated heterocycles. The molecule has 0 amide bonds. The second-order valence-electron chi connectivity index (χ2n) is 18.6. The Hall–Kier alpha value is -8.56. The number of para-hydroxylation sites is 2. The van der Waals surface area contributed by atoms with Gasteiger partial charge >= 0.3 is 0 Å². The van der Waals surface area contributed by atoms with E-state index in [1.807, 2.05) is 28.8 Å². The fourth-order valence-corrected chi connectivity index (χ4v) is 17.6. The first-order valence-electron chi connectivity index (χ1n) is 26.7. The summed E-state index contributed by atoms with van der Waals surface area (Å²) in [4.78, 5) is 0. The number of fused-ring (bicyclic) bond motifs is 3. The van der Waals surface area contributed by atoms with Crippen LogP contribution in [0.4, 0.5) is 0 Å². The van der Waals surface area contributed by atoms with E-state index in [4.69, 9.17) is 4.11 Å². The van der Waals surface area contributed by atoms with Crippen LogP contribution in [0, 0.1) is 0 Å². The van der Waals surface area contributed by atoms with E-state index in [1.165, 1.54) is 76.4 Å². The Labute approximate surface area is 417 Å². The van der Waals surface area contributed by atoms with Crippen molar-refractivity contribution in [3.8, 4) is 39.1 Å². The zero-order chi connectivity index (χ0) is 50.5. The highest BCUT2D eigenvalue weighted by atomic mass is 28.3. The molecule has 0 N–H and O–H groups in total. The van der Waals surface area contributed by atoms with Gasteiger partial charge in [-0.25, -0.2) is 0 Å². The van der Waals surface area contributed by atoms with Gasteiger partial charge in [-0.1, -0.05) is 249 Å². The van der Waals surface area contributed by atoms with Crippen molar-refractivity contribution in [1.29, 1.82) is 0 Å². The van der Waals surface area contributed by atoms with Crippen LogP contribution in [0.5, 0.6) is 0 Å². The second kappa shape index (κ2) is 16.3. The zero-order valence-electron chi connectivity index (χ0n) is 43.2. The molecule has 0 spiro atoms. The minimum absolute atomic E-state index is 0.0449. The minimum Gasteiger partial charge on any atom is -0.309 e. The van der Waals surface area contributed by atoms with Crippen molar-refractivity contribution in [3.05, 3.63) is 306 Å². The summed E-state index contributed by atoms with van der Waals surface area (Å²) in [7, 11) is -3.31. The highest BCUT2D eigenvalue weighted by Gasteiger charge is 2.50. The number of hydrogen-bond donors (Lipinski definition) is 0. The van der Waals surface area contributed by atoms with Gasteiger partial charge in [-0.05, 0) is 112 Å². The van der Waals surface area contributed by atoms with Crippen LogP contribution in [0.15, 0.2) is 273 Å². The molecule has 3 aliphatic carbocycles. The molecule has 15 rings (SSSR count). The normalized spacial score (nSPS) is 15.6. The summed E-state index contributed by atoms with van der Waals surface area (Å²) in [6, 6.07) is 87.4. The lowest BCUT2D eigenvalue weighted by atomic mass is 9.60. The van der Waals surface area contributed by atoms with Gasteiger partial charge in [0.2, 0.25) is 0 Å². The van der Waals surface area contributed by atoms with Crippen LogP contribution >= 0.6 is 0 Å². The molecule has 1 nitrogen and oxygen atoms in total. The second-order valence-corrected chi connectivity index (χ2v) is 22.4. The first kappa shape index (κ1) is 35.6. The fourth-order valence-electron chi connectivity index (χ4n) is 12.5. The molecule has 0 saturated carbocycles. The van der Waals surface area contributed by atoms with Crippen LogP contribution in [0.1, 0.15) is 52.1 Å². The molecule has 0 fully saturated rings. The molecule has 328 valence electrons. The van der Waals surface area contributed by atoms with Gasteiger partial charge in [0.05, 0.1) is 17.9 Å². The van der Waals surface area contributed by atoms with Gasteiger partial charge < -0.3 is 4.57 Å². The molecule has 2 bridgehead atoms. The van der Waals surface area contributed by atoms with Gasteiger partial charge in [-0.3, -0.25) is 0 Å². The van der Waals surface area contributed by atoms with E-state index in [-0.39, 0.29) is 41.7 Å². The van der Waals surface area contributed by atoms with Crippen molar-refractivity contribution in [1.82, 2.24) is 4.57 Å². The predicted molar refractivity (Wildman–Crippen MR) is 295 cm³/mol. The van der Waals surface area contributed by atoms with E-state index >= 15 is 0 Å². The molecule has 2 unspecified atom stereocenters. The van der Waals surface area contributed by atoms with Gasteiger partial charge in [0, 0.05) is 28.3 Å². The standard InChI is InChI=1S/C68H47NSi/c1-5-22-46(23-6-1)48-26-17-32-52(44-48)70(51-30-11-4-12-31-51,53-33-18-27-49(45-53)47-24-7-2-8-25-47)63-43-21-40-60-64-54-34-13-14-35-57(54)68(67(60)63)66-56(37-19-39-59(64)66)55-38-20-42-62-65(55)58-36-15-16-41-61(58)69(62)50-28-9-3-10-29-50/h1-45,64,68H/i3D,9D,10D,28D,29D. The topological polar surface area (TPSA) is 4.93 Å². The molecule has 1 aromatic heterocycles. The molecule has 2 atom stereocenters. The monoisotopic (exact) mass is 910 g/mol. The summed E-state index contributed by atoms with van der Waals surface area (Å²) >= 11 is 0. The summed E-state index contributed by atoms with van der Waals surface area (Å²) in [5.74, 6) is -0.199. The summed E-state index contributed by atoms with van der Waals surface area (Å²) in [6.45, 7) is 0. The maximum atomic E-state index is 9.18. The Morgan fingerprint density at radius 3 is 1.53 bits per heavy atom. The lowest BCUT2D eigenvalue weighted by Crippen LogP contribution is -2.75. The number of rotatable bonds is 8. The Morgan fingerprint density at radius 2 is 0.843 bits per heavy atom. The van der Waals surface area contributed by atoms with Crippen LogP contribution in [0.2, 0.25) is 0 Å². The smallest absolute Gasteiger partial charge is 0.179 e. The van der Waals surface area contributed by atoms with Crippen LogP contribution in [-0.2, 0) is 0 Å². The number of nitrogens with zero attached hydrogens (tertiary/aromatic N) is 1. The molecule has 12 aromatic rings. The Balaban J connectivity index is 1.09. The Bertz CT molecular complexity index is 4150. The molecule has 3 aliphatic rings. The summed E-state index contributed by atoms with van der Waals surface area (Å²) in [6.07, 6.45) is 0. The van der Waals surface area contributed by atoms with E-state index in [0.29, 0.717) is 0 Å². The van der Waals surface area contributed by atoms with Crippen molar-refractivity contribution in [2.24, 2.45) is 0 Å². The summed E-state index contributed by atoms with van der Waals surface area (Å²) in [5.41, 5.74) is 16.5. The van der Waals surface area contributed by atoms with Crippen molar-refractivity contribution in [2.45, 2.75) is 11.8 Å². The lowest BCUT2D eigenvalue weighted by molar-refractivity contribution is 0.760. The molecule has 70 heavy (non-hydrogen) atoms. The van der Waals surface area contributed by atoms with Gasteiger partial charge in [-0.2, -0.15) is 0 Å². The third kappa shape index (κ3) is 6.03. The SMILES string of the molecule is [2H]c1c([2H])c([2H])c(-n2c3ccccc3c3c(-c4cccc5c4C4c6ccccc6C5c5cccc([Si](c6ccccc6)(c6cccc(-c7ccccc7)c6)c6cccc(-c7ccccc7)c6)c54)cccc32)c([2H])c1[2H]. The first-order valence-corrected chi connectivity index (χ1v) is 26.2. The summed E-state index contributed by atoms with van der Waals surface area (Å²) < 4.78 is 46.1. The van der Waals surface area contributed by atoms with Gasteiger partial charge in [0.1, 0.15) is 0 Å². The maximum Gasteiger partial charge on any atom is 0.179 e. The molecular weight excluding hydrogens is 859 g/mol. The van der Waals surface area contributed by atoms with E-state index in [1.54, 1.807) is 0 Å². The third-order valence-corrected chi connectivity index (χ3v) is 20.0. The van der Waals surface area contributed by atoms with Crippen molar-refractivity contribution < 1.29 is 6.85 Å². The van der Waals surface area contributed by atoms with E-state index in [0.717, 1.165) is 32.9 Å². The number of benzene rings is 11. The molecule has 0 aliphatic heterocycles. The van der Waals surface area contributed by atoms with Crippen LogP contribution < -0.4 is 20.7 Å². The van der Waals surface area contributed by atoms with Crippen molar-refractivity contribution in [2.75, 3.05) is 0 Å². The molecular formula is C68H47NSi. The molecule has 1 heterocycles. The zero-order valence-corrected chi connectivity index (χ0v) is 39.2. The van der Waals surface area contributed by atoms with Gasteiger partial charge in [0.25, 0.3) is 0 Å². The first-order chi connectivity index (χ1) is 36.8. The van der Waals surface area contributed by atoms with Crippen molar-refractivity contribution >= 4 is 50.6 Å².